The van der Waals surface area contributed by atoms with Crippen LogP contribution in [0.3, 0.4) is 0 Å². The van der Waals surface area contributed by atoms with Crippen LogP contribution in [-0.2, 0) is 12.8 Å². The van der Waals surface area contributed by atoms with Crippen LogP contribution in [0.5, 0.6) is 0 Å². The third-order valence-electron chi connectivity index (χ3n) is 7.18. The maximum absolute atomic E-state index is 2.39. The summed E-state index contributed by atoms with van der Waals surface area (Å²) in [4.78, 5) is 0. The molecule has 5 aromatic carbocycles. The molecule has 0 spiro atoms. The molecule has 2 aliphatic carbocycles. The van der Waals surface area contributed by atoms with E-state index in [1.165, 1.54) is 66.8 Å². The van der Waals surface area contributed by atoms with Crippen molar-refractivity contribution in [3.8, 4) is 44.5 Å². The Hall–Kier alpha value is -3.90. The molecule has 32 heavy (non-hydrogen) atoms. The Labute approximate surface area is 188 Å². The highest BCUT2D eigenvalue weighted by Crippen LogP contribution is 2.47. The van der Waals surface area contributed by atoms with Gasteiger partial charge in [-0.3, -0.25) is 0 Å². The molecule has 7 rings (SSSR count). The topological polar surface area (TPSA) is 0 Å². The Kier molecular flexibility index (Phi) is 3.77. The van der Waals surface area contributed by atoms with E-state index < -0.39 is 0 Å². The van der Waals surface area contributed by atoms with Gasteiger partial charge in [0.25, 0.3) is 0 Å². The Balaban J connectivity index is 1.33. The third kappa shape index (κ3) is 2.63. The van der Waals surface area contributed by atoms with Gasteiger partial charge in [0.2, 0.25) is 0 Å². The van der Waals surface area contributed by atoms with Crippen molar-refractivity contribution in [2.24, 2.45) is 0 Å². The van der Waals surface area contributed by atoms with Gasteiger partial charge in [-0.05, 0) is 91.7 Å². The van der Waals surface area contributed by atoms with Crippen molar-refractivity contribution >= 4 is 0 Å². The average Bonchev–Trinajstić information content (AvgIpc) is 3.42. The fourth-order valence-electron chi connectivity index (χ4n) is 5.57. The summed E-state index contributed by atoms with van der Waals surface area (Å²) in [5.74, 6) is 0. The summed E-state index contributed by atoms with van der Waals surface area (Å²) in [5.41, 5.74) is 16.8. The van der Waals surface area contributed by atoms with Crippen molar-refractivity contribution in [1.82, 2.24) is 0 Å². The van der Waals surface area contributed by atoms with Crippen LogP contribution in [0.2, 0.25) is 0 Å². The highest BCUT2D eigenvalue weighted by Gasteiger charge is 2.28. The van der Waals surface area contributed by atoms with Gasteiger partial charge < -0.3 is 0 Å². The normalized spacial score (nSPS) is 12.8. The number of benzene rings is 5. The standard InChI is InChI=1S/C32H22/c1-3-7-21(8-4-1)23-11-13-25-19-31-27(29(25)17-23)15-16-28-30-18-24(22-9-5-2-6-10-22)12-14-26(30)20-32(28)31/h1-18H,19-20H2. The van der Waals surface area contributed by atoms with Crippen LogP contribution < -0.4 is 0 Å². The van der Waals surface area contributed by atoms with Crippen LogP contribution in [0.15, 0.2) is 109 Å². The van der Waals surface area contributed by atoms with Crippen molar-refractivity contribution in [3.63, 3.8) is 0 Å². The second kappa shape index (κ2) is 6.80. The summed E-state index contributed by atoms with van der Waals surface area (Å²) in [6.45, 7) is 0. The average molecular weight is 407 g/mol. The minimum absolute atomic E-state index is 1.04. The molecule has 0 radical (unpaired) electrons. The lowest BCUT2D eigenvalue weighted by atomic mass is 9.95. The lowest BCUT2D eigenvalue weighted by Crippen LogP contribution is -1.90. The summed E-state index contributed by atoms with van der Waals surface area (Å²) in [7, 11) is 0. The Morgan fingerprint density at radius 1 is 0.344 bits per heavy atom. The van der Waals surface area contributed by atoms with E-state index in [1.54, 1.807) is 0 Å². The number of rotatable bonds is 2. The molecule has 2 aliphatic rings. The smallest absolute Gasteiger partial charge is 0.00104 e. The number of hydrogen-bond donors (Lipinski definition) is 0. The van der Waals surface area contributed by atoms with Crippen molar-refractivity contribution < 1.29 is 0 Å². The Bertz CT molecular complexity index is 1370. The first-order chi connectivity index (χ1) is 15.8. The number of fused-ring (bicyclic) bond motifs is 7. The zero-order valence-corrected chi connectivity index (χ0v) is 17.8. The molecule has 0 fully saturated rings. The second-order valence-corrected chi connectivity index (χ2v) is 8.95. The summed E-state index contributed by atoms with van der Waals surface area (Å²) >= 11 is 0. The SMILES string of the molecule is c1ccc(-c2ccc3c(c2)-c2ccc4c(c2C3)Cc2ccc(-c3ccccc3)cc2-4)cc1. The molecule has 0 saturated heterocycles. The predicted molar refractivity (Wildman–Crippen MR) is 134 cm³/mol. The van der Waals surface area contributed by atoms with Gasteiger partial charge >= 0.3 is 0 Å². The molecular weight excluding hydrogens is 384 g/mol. The molecule has 0 bridgehead atoms. The molecular formula is C32H22. The van der Waals surface area contributed by atoms with Gasteiger partial charge in [0, 0.05) is 0 Å². The van der Waals surface area contributed by atoms with Gasteiger partial charge in [-0.2, -0.15) is 0 Å². The molecule has 0 N–H and O–H groups in total. The van der Waals surface area contributed by atoms with E-state index in [2.05, 4.69) is 109 Å². The van der Waals surface area contributed by atoms with E-state index >= 15 is 0 Å². The second-order valence-electron chi connectivity index (χ2n) is 8.95. The van der Waals surface area contributed by atoms with E-state index in [-0.39, 0.29) is 0 Å². The van der Waals surface area contributed by atoms with E-state index in [0.29, 0.717) is 0 Å². The van der Waals surface area contributed by atoms with Gasteiger partial charge in [-0.1, -0.05) is 97.1 Å². The van der Waals surface area contributed by atoms with E-state index in [9.17, 15) is 0 Å². The van der Waals surface area contributed by atoms with Crippen molar-refractivity contribution in [1.29, 1.82) is 0 Å². The predicted octanol–water partition coefficient (Wildman–Crippen LogP) is 8.16. The molecule has 0 nitrogen and oxygen atoms in total. The van der Waals surface area contributed by atoms with Crippen LogP contribution in [-0.4, -0.2) is 0 Å². The van der Waals surface area contributed by atoms with Gasteiger partial charge in [0.05, 0.1) is 0 Å². The van der Waals surface area contributed by atoms with Gasteiger partial charge in [0.15, 0.2) is 0 Å². The Morgan fingerprint density at radius 3 is 1.22 bits per heavy atom. The van der Waals surface area contributed by atoms with Gasteiger partial charge in [-0.15, -0.1) is 0 Å². The molecule has 0 atom stereocenters. The molecule has 0 aliphatic heterocycles. The summed E-state index contributed by atoms with van der Waals surface area (Å²) in [5, 5.41) is 0. The molecule has 5 aromatic rings. The molecule has 0 heterocycles. The van der Waals surface area contributed by atoms with Crippen molar-refractivity contribution in [3.05, 3.63) is 131 Å². The first-order valence-corrected chi connectivity index (χ1v) is 11.4. The lowest BCUT2D eigenvalue weighted by molar-refractivity contribution is 1.16. The van der Waals surface area contributed by atoms with Crippen LogP contribution >= 0.6 is 0 Å². The Morgan fingerprint density at radius 2 is 0.781 bits per heavy atom. The number of hydrogen-bond acceptors (Lipinski definition) is 0. The summed E-state index contributed by atoms with van der Waals surface area (Å²) < 4.78 is 0. The highest BCUT2D eigenvalue weighted by atomic mass is 14.3. The largest absolute Gasteiger partial charge is 0.0622 e. The molecule has 0 saturated carbocycles. The lowest BCUT2D eigenvalue weighted by Gasteiger charge is -2.09. The van der Waals surface area contributed by atoms with Crippen LogP contribution in [0.25, 0.3) is 44.5 Å². The fraction of sp³-hybridized carbons (Fsp3) is 0.0625. The van der Waals surface area contributed by atoms with Crippen LogP contribution in [0.1, 0.15) is 22.3 Å². The van der Waals surface area contributed by atoms with E-state index in [1.807, 2.05) is 0 Å². The summed E-state index contributed by atoms with van der Waals surface area (Å²) in [6, 6.07) is 40.1. The van der Waals surface area contributed by atoms with Gasteiger partial charge in [-0.25, -0.2) is 0 Å². The maximum Gasteiger partial charge on any atom is -0.00104 e. The summed E-state index contributed by atoms with van der Waals surface area (Å²) in [6.07, 6.45) is 2.09. The molecule has 0 heteroatoms. The first kappa shape index (κ1) is 17.7. The minimum Gasteiger partial charge on any atom is -0.0622 e. The monoisotopic (exact) mass is 406 g/mol. The quantitative estimate of drug-likeness (QED) is 0.272. The third-order valence-corrected chi connectivity index (χ3v) is 7.18. The van der Waals surface area contributed by atoms with Crippen LogP contribution in [0.4, 0.5) is 0 Å². The molecule has 150 valence electrons. The highest BCUT2D eigenvalue weighted by molar-refractivity contribution is 5.89. The molecule has 0 amide bonds. The maximum atomic E-state index is 2.39. The van der Waals surface area contributed by atoms with Crippen molar-refractivity contribution in [2.75, 3.05) is 0 Å². The molecule has 0 aromatic heterocycles. The first-order valence-electron chi connectivity index (χ1n) is 11.4. The fourth-order valence-corrected chi connectivity index (χ4v) is 5.57. The van der Waals surface area contributed by atoms with E-state index in [4.69, 9.17) is 0 Å². The zero-order chi connectivity index (χ0) is 21.1. The van der Waals surface area contributed by atoms with Gasteiger partial charge in [0.1, 0.15) is 0 Å². The van der Waals surface area contributed by atoms with Crippen LogP contribution in [0, 0.1) is 0 Å². The molecule has 0 unspecified atom stereocenters. The minimum atomic E-state index is 1.04. The zero-order valence-electron chi connectivity index (χ0n) is 17.8. The van der Waals surface area contributed by atoms with Crippen molar-refractivity contribution in [2.45, 2.75) is 12.8 Å². The van der Waals surface area contributed by atoms with E-state index in [0.717, 1.165) is 12.8 Å².